The molecule has 2 unspecified atom stereocenters. The van der Waals surface area contributed by atoms with Crippen molar-refractivity contribution in [2.24, 2.45) is 11.3 Å². The van der Waals surface area contributed by atoms with Crippen LogP contribution < -0.4 is 5.32 Å². The molecule has 1 aromatic rings. The van der Waals surface area contributed by atoms with E-state index < -0.39 is 0 Å². The van der Waals surface area contributed by atoms with Crippen LogP contribution >= 0.6 is 0 Å². The van der Waals surface area contributed by atoms with Crippen molar-refractivity contribution in [2.45, 2.75) is 53.4 Å². The van der Waals surface area contributed by atoms with Crippen molar-refractivity contribution in [3.8, 4) is 0 Å². The van der Waals surface area contributed by atoms with Crippen LogP contribution in [0.15, 0.2) is 0 Å². The molecular formula is C16H27N3. The summed E-state index contributed by atoms with van der Waals surface area (Å²) in [5, 5.41) is 3.24. The third-order valence-corrected chi connectivity index (χ3v) is 4.37. The molecule has 0 bridgehead atoms. The van der Waals surface area contributed by atoms with Crippen molar-refractivity contribution in [1.82, 2.24) is 15.3 Å². The molecule has 0 spiro atoms. The predicted octanol–water partition coefficient (Wildman–Crippen LogP) is 3.00. The highest BCUT2D eigenvalue weighted by atomic mass is 14.9. The van der Waals surface area contributed by atoms with E-state index in [2.05, 4.69) is 39.9 Å². The molecule has 1 aromatic heterocycles. The molecule has 1 fully saturated rings. The van der Waals surface area contributed by atoms with E-state index in [-0.39, 0.29) is 0 Å². The van der Waals surface area contributed by atoms with Crippen molar-refractivity contribution in [1.29, 1.82) is 0 Å². The van der Waals surface area contributed by atoms with Crippen LogP contribution in [0.3, 0.4) is 0 Å². The maximum Gasteiger partial charge on any atom is 0.132 e. The van der Waals surface area contributed by atoms with Crippen molar-refractivity contribution >= 4 is 0 Å². The number of rotatable bonds is 5. The molecule has 0 radical (unpaired) electrons. The second-order valence-corrected chi connectivity index (χ2v) is 6.84. The highest BCUT2D eigenvalue weighted by Crippen LogP contribution is 2.57. The molecule has 0 saturated heterocycles. The minimum atomic E-state index is 0.403. The predicted molar refractivity (Wildman–Crippen MR) is 79.4 cm³/mol. The summed E-state index contributed by atoms with van der Waals surface area (Å²) in [5.41, 5.74) is 4.09. The van der Waals surface area contributed by atoms with E-state index in [0.29, 0.717) is 17.3 Å². The first-order valence-corrected chi connectivity index (χ1v) is 7.33. The maximum atomic E-state index is 4.77. The lowest BCUT2D eigenvalue weighted by atomic mass is 9.98. The average Bonchev–Trinajstić information content (AvgIpc) is 2.93. The first-order valence-electron chi connectivity index (χ1n) is 7.33. The van der Waals surface area contributed by atoms with Crippen LogP contribution in [-0.2, 0) is 6.42 Å². The summed E-state index contributed by atoms with van der Waals surface area (Å²) < 4.78 is 0. The van der Waals surface area contributed by atoms with Gasteiger partial charge in [-0.3, -0.25) is 0 Å². The van der Waals surface area contributed by atoms with E-state index >= 15 is 0 Å². The fraction of sp³-hybridized carbons (Fsp3) is 0.750. The molecule has 2 atom stereocenters. The molecule has 106 valence electrons. The Labute approximate surface area is 117 Å². The maximum absolute atomic E-state index is 4.77. The van der Waals surface area contributed by atoms with Crippen molar-refractivity contribution in [3.63, 3.8) is 0 Å². The SMILES string of the molecule is CNCC(C)Cc1c(C)nc(C2CC2(C)C)nc1C. The van der Waals surface area contributed by atoms with Crippen molar-refractivity contribution in [2.75, 3.05) is 13.6 Å². The number of aryl methyl sites for hydroxylation is 2. The standard InChI is InChI=1S/C16H27N3/c1-10(9-17-6)7-13-11(2)18-15(19-12(13)3)14-8-16(14,4)5/h10,14,17H,7-9H2,1-6H3. The molecule has 3 heteroatoms. The van der Waals surface area contributed by atoms with Gasteiger partial charge in [0.2, 0.25) is 0 Å². The van der Waals surface area contributed by atoms with Gasteiger partial charge in [0.1, 0.15) is 5.82 Å². The lowest BCUT2D eigenvalue weighted by molar-refractivity contribution is 0.535. The molecule has 0 aromatic carbocycles. The minimum Gasteiger partial charge on any atom is -0.319 e. The highest BCUT2D eigenvalue weighted by Gasteiger charge is 2.48. The summed E-state index contributed by atoms with van der Waals surface area (Å²) >= 11 is 0. The molecule has 0 aliphatic heterocycles. The molecule has 2 rings (SSSR count). The van der Waals surface area contributed by atoms with Gasteiger partial charge >= 0.3 is 0 Å². The molecule has 0 amide bonds. The molecule has 1 saturated carbocycles. The van der Waals surface area contributed by atoms with Gasteiger partial charge in [0, 0.05) is 17.3 Å². The zero-order valence-corrected chi connectivity index (χ0v) is 13.2. The van der Waals surface area contributed by atoms with Crippen LogP contribution in [0.2, 0.25) is 0 Å². The van der Waals surface area contributed by atoms with E-state index in [0.717, 1.165) is 18.8 Å². The normalized spacial score (nSPS) is 22.3. The lowest BCUT2D eigenvalue weighted by Crippen LogP contribution is -2.19. The van der Waals surface area contributed by atoms with Gasteiger partial charge in [0.15, 0.2) is 0 Å². The van der Waals surface area contributed by atoms with Crippen LogP contribution in [0.1, 0.15) is 55.9 Å². The first-order chi connectivity index (χ1) is 8.85. The van der Waals surface area contributed by atoms with Crippen LogP contribution in [0.5, 0.6) is 0 Å². The van der Waals surface area contributed by atoms with Crippen molar-refractivity contribution in [3.05, 3.63) is 22.8 Å². The van der Waals surface area contributed by atoms with E-state index in [1.165, 1.54) is 23.4 Å². The highest BCUT2D eigenvalue weighted by molar-refractivity contribution is 5.28. The molecule has 1 aliphatic rings. The summed E-state index contributed by atoms with van der Waals surface area (Å²) in [6.45, 7) is 12.2. The average molecular weight is 261 g/mol. The van der Waals surface area contributed by atoms with Crippen LogP contribution in [0.25, 0.3) is 0 Å². The van der Waals surface area contributed by atoms with E-state index in [9.17, 15) is 0 Å². The summed E-state index contributed by atoms with van der Waals surface area (Å²) in [6.07, 6.45) is 2.29. The Morgan fingerprint density at radius 2 is 1.79 bits per heavy atom. The number of hydrogen-bond acceptors (Lipinski definition) is 3. The third-order valence-electron chi connectivity index (χ3n) is 4.37. The zero-order chi connectivity index (χ0) is 14.2. The van der Waals surface area contributed by atoms with Gasteiger partial charge in [0.05, 0.1) is 0 Å². The molecule has 19 heavy (non-hydrogen) atoms. The van der Waals surface area contributed by atoms with Gasteiger partial charge in [-0.1, -0.05) is 20.8 Å². The first kappa shape index (κ1) is 14.4. The van der Waals surface area contributed by atoms with E-state index in [4.69, 9.17) is 9.97 Å². The molecule has 1 aliphatic carbocycles. The Morgan fingerprint density at radius 3 is 2.21 bits per heavy atom. The fourth-order valence-corrected chi connectivity index (χ4v) is 2.89. The molecule has 1 N–H and O–H groups in total. The number of nitrogens with one attached hydrogen (secondary N) is 1. The fourth-order valence-electron chi connectivity index (χ4n) is 2.89. The van der Waals surface area contributed by atoms with Crippen LogP contribution in [0.4, 0.5) is 0 Å². The van der Waals surface area contributed by atoms with Gasteiger partial charge < -0.3 is 5.32 Å². The summed E-state index contributed by atoms with van der Waals surface area (Å²) in [6, 6.07) is 0. The largest absolute Gasteiger partial charge is 0.319 e. The summed E-state index contributed by atoms with van der Waals surface area (Å²) in [4.78, 5) is 9.55. The van der Waals surface area contributed by atoms with E-state index in [1.54, 1.807) is 0 Å². The Morgan fingerprint density at radius 1 is 1.26 bits per heavy atom. The molecule has 3 nitrogen and oxygen atoms in total. The Hall–Kier alpha value is -0.960. The smallest absolute Gasteiger partial charge is 0.132 e. The van der Waals surface area contributed by atoms with Crippen LogP contribution in [-0.4, -0.2) is 23.6 Å². The van der Waals surface area contributed by atoms with Gasteiger partial charge in [-0.2, -0.15) is 0 Å². The van der Waals surface area contributed by atoms with Crippen LogP contribution in [0, 0.1) is 25.2 Å². The summed E-state index contributed by atoms with van der Waals surface area (Å²) in [5.74, 6) is 2.24. The molecule has 1 heterocycles. The van der Waals surface area contributed by atoms with Crippen molar-refractivity contribution < 1.29 is 0 Å². The lowest BCUT2D eigenvalue weighted by Gasteiger charge is -2.15. The number of aromatic nitrogens is 2. The minimum absolute atomic E-state index is 0.403. The van der Waals surface area contributed by atoms with Gasteiger partial charge in [-0.05, 0) is 57.2 Å². The number of hydrogen-bond donors (Lipinski definition) is 1. The zero-order valence-electron chi connectivity index (χ0n) is 13.2. The third kappa shape index (κ3) is 3.14. The van der Waals surface area contributed by atoms with E-state index in [1.807, 2.05) is 7.05 Å². The molecular weight excluding hydrogens is 234 g/mol. The topological polar surface area (TPSA) is 37.8 Å². The summed E-state index contributed by atoms with van der Waals surface area (Å²) in [7, 11) is 2.00. The Bertz CT molecular complexity index is 442. The quantitative estimate of drug-likeness (QED) is 0.885. The monoisotopic (exact) mass is 261 g/mol. The number of nitrogens with zero attached hydrogens (tertiary/aromatic N) is 2. The Balaban J connectivity index is 2.18. The second-order valence-electron chi connectivity index (χ2n) is 6.84. The van der Waals surface area contributed by atoms with Gasteiger partial charge in [-0.15, -0.1) is 0 Å². The van der Waals surface area contributed by atoms with Gasteiger partial charge in [0.25, 0.3) is 0 Å². The van der Waals surface area contributed by atoms with Gasteiger partial charge in [-0.25, -0.2) is 9.97 Å². The second kappa shape index (κ2) is 5.20. The Kier molecular flexibility index (Phi) is 3.95.